The highest BCUT2D eigenvalue weighted by molar-refractivity contribution is 6.03. The fourth-order valence-electron chi connectivity index (χ4n) is 5.43. The van der Waals surface area contributed by atoms with E-state index >= 15 is 0 Å². The summed E-state index contributed by atoms with van der Waals surface area (Å²) in [4.78, 5) is 37.4. The average Bonchev–Trinajstić information content (AvgIpc) is 3.01. The highest BCUT2D eigenvalue weighted by Crippen LogP contribution is 2.29. The lowest BCUT2D eigenvalue weighted by molar-refractivity contribution is -0.162. The van der Waals surface area contributed by atoms with E-state index in [0.717, 1.165) is 23.3 Å². The van der Waals surface area contributed by atoms with Crippen LogP contribution in [0.4, 0.5) is 0 Å². The molecule has 0 saturated heterocycles. The third-order valence-corrected chi connectivity index (χ3v) is 8.79. The number of carboxylic acids is 1. The number of aryl methyl sites for hydroxylation is 1. The minimum Gasteiger partial charge on any atom is -0.504 e. The number of phenolic OH excluding ortho intramolecular Hbond substituents is 2. The third kappa shape index (κ3) is 17.9. The molecule has 0 aliphatic heterocycles. The number of aliphatic carboxylic acids is 1. The molecule has 7 N–H and O–H groups in total. The van der Waals surface area contributed by atoms with Gasteiger partial charge in [-0.05, 0) is 42.2 Å². The van der Waals surface area contributed by atoms with E-state index in [9.17, 15) is 29.7 Å². The number of rotatable bonds is 23. The number of amides is 2. The van der Waals surface area contributed by atoms with E-state index in [4.69, 9.17) is 11.5 Å². The van der Waals surface area contributed by atoms with Crippen LogP contribution in [0.15, 0.2) is 18.2 Å². The van der Waals surface area contributed by atoms with Crippen molar-refractivity contribution in [1.29, 1.82) is 0 Å². The molecule has 0 heterocycles. The minimum absolute atomic E-state index is 0.00143. The summed E-state index contributed by atoms with van der Waals surface area (Å²) in [7, 11) is 0. The van der Waals surface area contributed by atoms with Crippen molar-refractivity contribution in [3.8, 4) is 11.5 Å². The van der Waals surface area contributed by atoms with Gasteiger partial charge in [-0.3, -0.25) is 14.5 Å². The Bertz CT molecular complexity index is 987. The number of benzene rings is 1. The molecular formula is C38H69N3O6. The van der Waals surface area contributed by atoms with E-state index in [0.29, 0.717) is 0 Å². The van der Waals surface area contributed by atoms with Gasteiger partial charge in [0.25, 0.3) is 0 Å². The van der Waals surface area contributed by atoms with E-state index in [-0.39, 0.29) is 23.3 Å². The van der Waals surface area contributed by atoms with Gasteiger partial charge in [-0.2, -0.15) is 0 Å². The molecule has 0 aliphatic rings. The van der Waals surface area contributed by atoms with Gasteiger partial charge in [-0.1, -0.05) is 150 Å². The van der Waals surface area contributed by atoms with Crippen LogP contribution in [0.25, 0.3) is 0 Å². The van der Waals surface area contributed by atoms with Crippen LogP contribution in [0.3, 0.4) is 0 Å². The summed E-state index contributed by atoms with van der Waals surface area (Å²) in [5.74, 6) is -3.48. The molecule has 0 aromatic heterocycles. The van der Waals surface area contributed by atoms with Crippen LogP contribution in [0.5, 0.6) is 11.5 Å². The summed E-state index contributed by atoms with van der Waals surface area (Å²) in [6.45, 7) is 12.5. The van der Waals surface area contributed by atoms with Crippen LogP contribution >= 0.6 is 0 Å². The predicted octanol–water partition coefficient (Wildman–Crippen LogP) is 7.93. The number of phenols is 2. The summed E-state index contributed by atoms with van der Waals surface area (Å²) in [5, 5.41) is 28.7. The predicted molar refractivity (Wildman–Crippen MR) is 192 cm³/mol. The summed E-state index contributed by atoms with van der Waals surface area (Å²) in [6, 6.07) is 2.04. The molecule has 9 nitrogen and oxygen atoms in total. The quantitative estimate of drug-likeness (QED) is 0.0581. The molecule has 0 aliphatic carbocycles. The molecule has 0 unspecified atom stereocenters. The number of para-hydroxylation sites is 1. The van der Waals surface area contributed by atoms with Crippen molar-refractivity contribution in [2.75, 3.05) is 0 Å². The first-order valence-corrected chi connectivity index (χ1v) is 18.3. The average molecular weight is 664 g/mol. The Morgan fingerprint density at radius 2 is 1.02 bits per heavy atom. The van der Waals surface area contributed by atoms with Crippen LogP contribution in [0.1, 0.15) is 150 Å². The zero-order valence-corrected chi connectivity index (χ0v) is 30.7. The molecular weight excluding hydrogens is 594 g/mol. The first-order chi connectivity index (χ1) is 22.2. The Kier molecular flexibility index (Phi) is 23.9. The Hall–Kier alpha value is -2.65. The van der Waals surface area contributed by atoms with Crippen molar-refractivity contribution in [1.82, 2.24) is 4.90 Å². The van der Waals surface area contributed by atoms with Gasteiger partial charge in [0.2, 0.25) is 11.8 Å². The van der Waals surface area contributed by atoms with Crippen molar-refractivity contribution in [2.24, 2.45) is 29.2 Å². The zero-order chi connectivity index (χ0) is 35.9. The van der Waals surface area contributed by atoms with Gasteiger partial charge in [-0.15, -0.1) is 0 Å². The molecule has 0 saturated carbocycles. The number of imide groups is 1. The maximum absolute atomic E-state index is 12.6. The molecule has 1 rings (SSSR count). The van der Waals surface area contributed by atoms with Gasteiger partial charge < -0.3 is 26.8 Å². The molecule has 1 aromatic carbocycles. The van der Waals surface area contributed by atoms with E-state index in [1.165, 1.54) is 96.0 Å². The highest BCUT2D eigenvalue weighted by Gasteiger charge is 2.41. The van der Waals surface area contributed by atoms with Crippen molar-refractivity contribution < 1.29 is 29.7 Å². The second-order valence-corrected chi connectivity index (χ2v) is 14.1. The first-order valence-electron chi connectivity index (χ1n) is 18.3. The number of carboxylic acid groups (broad SMARTS) is 1. The topological polar surface area (TPSA) is 167 Å². The number of hydrogen-bond donors (Lipinski definition) is 5. The van der Waals surface area contributed by atoms with Crippen molar-refractivity contribution >= 4 is 17.8 Å². The maximum Gasteiger partial charge on any atom is 0.327 e. The summed E-state index contributed by atoms with van der Waals surface area (Å²) < 4.78 is 0. The third-order valence-electron chi connectivity index (χ3n) is 8.79. The number of aromatic hydroxyl groups is 2. The largest absolute Gasteiger partial charge is 0.504 e. The van der Waals surface area contributed by atoms with Gasteiger partial charge in [0.15, 0.2) is 11.5 Å². The second-order valence-electron chi connectivity index (χ2n) is 14.1. The molecule has 1 aromatic rings. The maximum atomic E-state index is 12.6. The van der Waals surface area contributed by atoms with Gasteiger partial charge in [-0.25, -0.2) is 4.79 Å². The molecule has 272 valence electrons. The molecule has 47 heavy (non-hydrogen) atoms. The monoisotopic (exact) mass is 664 g/mol. The minimum atomic E-state index is -1.28. The molecule has 2 amide bonds. The SMILES string of the molecule is CC(C)[C@H](N)C(=O)N(C(=O)[C@@H](N)C(C)C)[C@H](C(=O)O)C(C)C.CCCCCCCCCCCCCCCCCc1cccc(O)c1O. The molecule has 3 atom stereocenters. The van der Waals surface area contributed by atoms with E-state index in [1.54, 1.807) is 47.6 Å². The van der Waals surface area contributed by atoms with Crippen molar-refractivity contribution in [3.05, 3.63) is 23.8 Å². The van der Waals surface area contributed by atoms with Gasteiger partial charge >= 0.3 is 5.97 Å². The molecule has 0 spiro atoms. The van der Waals surface area contributed by atoms with Gasteiger partial charge in [0.05, 0.1) is 12.1 Å². The summed E-state index contributed by atoms with van der Waals surface area (Å²) in [5.41, 5.74) is 12.5. The Balaban J connectivity index is 0.000000909. The van der Waals surface area contributed by atoms with E-state index in [1.807, 2.05) is 6.07 Å². The lowest BCUT2D eigenvalue weighted by Gasteiger charge is -2.34. The van der Waals surface area contributed by atoms with Gasteiger partial charge in [0, 0.05) is 0 Å². The smallest absolute Gasteiger partial charge is 0.327 e. The van der Waals surface area contributed by atoms with E-state index < -0.39 is 41.8 Å². The van der Waals surface area contributed by atoms with Crippen LogP contribution in [0, 0.1) is 17.8 Å². The molecule has 0 bridgehead atoms. The van der Waals surface area contributed by atoms with E-state index in [2.05, 4.69) is 6.92 Å². The number of hydrogen-bond acceptors (Lipinski definition) is 7. The lowest BCUT2D eigenvalue weighted by atomic mass is 9.95. The van der Waals surface area contributed by atoms with Crippen LogP contribution in [0.2, 0.25) is 0 Å². The first kappa shape index (κ1) is 44.4. The van der Waals surface area contributed by atoms with Crippen LogP contribution < -0.4 is 11.5 Å². The van der Waals surface area contributed by atoms with Gasteiger partial charge in [0.1, 0.15) is 6.04 Å². The van der Waals surface area contributed by atoms with Crippen LogP contribution in [-0.4, -0.2) is 56.1 Å². The number of unbranched alkanes of at least 4 members (excludes halogenated alkanes) is 14. The molecule has 0 fully saturated rings. The zero-order valence-electron chi connectivity index (χ0n) is 30.7. The number of nitrogens with two attached hydrogens (primary N) is 2. The standard InChI is InChI=1S/C23H40O2.C15H29N3O4/c1-2-3-4-5-6-7-8-9-10-11-12-13-14-15-16-18-21-19-17-20-22(24)23(21)25;1-7(2)10(16)13(19)18(12(9(5)6)15(21)22)14(20)11(17)8(3)4/h17,19-20,24-25H,2-16,18H2,1H3;7-12H,16-17H2,1-6H3,(H,21,22)/t;10-,11-,12-/m.0/s1. The fraction of sp³-hybridized carbons (Fsp3) is 0.763. The molecule has 9 heteroatoms. The highest BCUT2D eigenvalue weighted by atomic mass is 16.4. The number of carbonyl (C=O) groups excluding carboxylic acids is 2. The normalized spacial score (nSPS) is 13.3. The van der Waals surface area contributed by atoms with Crippen LogP contribution in [-0.2, 0) is 20.8 Å². The fourth-order valence-corrected chi connectivity index (χ4v) is 5.43. The lowest BCUT2D eigenvalue weighted by Crippen LogP contribution is -2.61. The number of carbonyl (C=O) groups is 3. The number of nitrogens with zero attached hydrogens (tertiary/aromatic N) is 1. The van der Waals surface area contributed by atoms with Crippen molar-refractivity contribution in [3.63, 3.8) is 0 Å². The molecule has 0 radical (unpaired) electrons. The summed E-state index contributed by atoms with van der Waals surface area (Å²) in [6.07, 6.45) is 21.3. The Morgan fingerprint density at radius 3 is 1.36 bits per heavy atom. The Labute approximate surface area is 285 Å². The van der Waals surface area contributed by atoms with Crippen molar-refractivity contribution in [2.45, 2.75) is 169 Å². The Morgan fingerprint density at radius 1 is 0.638 bits per heavy atom. The second kappa shape index (κ2) is 25.4. The summed E-state index contributed by atoms with van der Waals surface area (Å²) >= 11 is 0.